The minimum Gasteiger partial charge on any atom is -0.390 e. The molecular weight excluding hydrogens is 355 g/mol. The SMILES string of the molecule is Cc1cc(C(=O)N2CCC3(CC2)CCC3(C)O)c(C)n1Cc1ccc(F)cc1. The summed E-state index contributed by atoms with van der Waals surface area (Å²) < 4.78 is 15.3. The van der Waals surface area contributed by atoms with E-state index in [0.29, 0.717) is 19.6 Å². The Hall–Kier alpha value is -2.14. The number of piperidine rings is 1. The average molecular weight is 384 g/mol. The third-order valence-electron chi connectivity index (χ3n) is 7.30. The van der Waals surface area contributed by atoms with Crippen molar-refractivity contribution in [2.24, 2.45) is 5.41 Å². The number of hydrogen-bond acceptors (Lipinski definition) is 2. The van der Waals surface area contributed by atoms with E-state index in [1.807, 2.05) is 31.7 Å². The van der Waals surface area contributed by atoms with Crippen molar-refractivity contribution >= 4 is 5.91 Å². The van der Waals surface area contributed by atoms with Gasteiger partial charge in [0, 0.05) is 36.4 Å². The van der Waals surface area contributed by atoms with Crippen LogP contribution in [0.25, 0.3) is 0 Å². The molecule has 1 spiro atoms. The van der Waals surface area contributed by atoms with Crippen molar-refractivity contribution in [1.82, 2.24) is 9.47 Å². The lowest BCUT2D eigenvalue weighted by atomic mass is 9.53. The van der Waals surface area contributed by atoms with Crippen LogP contribution in [0.5, 0.6) is 0 Å². The molecule has 150 valence electrons. The van der Waals surface area contributed by atoms with Crippen molar-refractivity contribution in [3.05, 3.63) is 58.7 Å². The number of benzene rings is 1. The Bertz CT molecular complexity index is 890. The summed E-state index contributed by atoms with van der Waals surface area (Å²) in [4.78, 5) is 15.1. The maximum atomic E-state index is 13.2. The fraction of sp³-hybridized carbons (Fsp3) is 0.522. The molecule has 28 heavy (non-hydrogen) atoms. The first-order valence-electron chi connectivity index (χ1n) is 10.2. The van der Waals surface area contributed by atoms with Gasteiger partial charge in [0.1, 0.15) is 5.82 Å². The molecule has 2 aromatic rings. The van der Waals surface area contributed by atoms with Crippen LogP contribution in [0.2, 0.25) is 0 Å². The van der Waals surface area contributed by atoms with Gasteiger partial charge in [-0.15, -0.1) is 0 Å². The maximum absolute atomic E-state index is 13.2. The van der Waals surface area contributed by atoms with Crippen molar-refractivity contribution in [1.29, 1.82) is 0 Å². The van der Waals surface area contributed by atoms with Crippen LogP contribution in [0, 0.1) is 25.1 Å². The fourth-order valence-corrected chi connectivity index (χ4v) is 4.97. The van der Waals surface area contributed by atoms with E-state index in [4.69, 9.17) is 0 Å². The zero-order chi connectivity index (χ0) is 20.1. The third-order valence-corrected chi connectivity index (χ3v) is 7.30. The van der Waals surface area contributed by atoms with Gasteiger partial charge in [0.15, 0.2) is 0 Å². The smallest absolute Gasteiger partial charge is 0.255 e. The lowest BCUT2D eigenvalue weighted by molar-refractivity contribution is -0.174. The zero-order valence-corrected chi connectivity index (χ0v) is 17.0. The first-order chi connectivity index (χ1) is 13.2. The summed E-state index contributed by atoms with van der Waals surface area (Å²) in [7, 11) is 0. The van der Waals surface area contributed by atoms with Crippen molar-refractivity contribution in [3.8, 4) is 0 Å². The Morgan fingerprint density at radius 3 is 2.29 bits per heavy atom. The van der Waals surface area contributed by atoms with Crippen molar-refractivity contribution in [2.45, 2.75) is 58.6 Å². The van der Waals surface area contributed by atoms with Crippen LogP contribution >= 0.6 is 0 Å². The van der Waals surface area contributed by atoms with Crippen LogP contribution < -0.4 is 0 Å². The highest BCUT2D eigenvalue weighted by Gasteiger charge is 2.55. The van der Waals surface area contributed by atoms with Crippen molar-refractivity contribution in [3.63, 3.8) is 0 Å². The van der Waals surface area contributed by atoms with E-state index in [-0.39, 0.29) is 17.1 Å². The van der Waals surface area contributed by atoms with E-state index >= 15 is 0 Å². The molecule has 1 atom stereocenters. The molecule has 5 heteroatoms. The molecule has 4 rings (SSSR count). The minimum atomic E-state index is -0.576. The van der Waals surface area contributed by atoms with E-state index in [1.165, 1.54) is 12.1 Å². The number of carbonyl (C=O) groups is 1. The number of aliphatic hydroxyl groups is 1. The molecule has 2 aliphatic rings. The number of likely N-dealkylation sites (tertiary alicyclic amines) is 1. The molecule has 2 heterocycles. The normalized spacial score (nSPS) is 23.7. The largest absolute Gasteiger partial charge is 0.390 e. The van der Waals surface area contributed by atoms with E-state index in [1.54, 1.807) is 12.1 Å². The lowest BCUT2D eigenvalue weighted by Gasteiger charge is -2.58. The van der Waals surface area contributed by atoms with Gasteiger partial charge in [0.05, 0.1) is 11.2 Å². The molecular formula is C23H29FN2O2. The van der Waals surface area contributed by atoms with Gasteiger partial charge < -0.3 is 14.6 Å². The second kappa shape index (κ2) is 6.73. The summed E-state index contributed by atoms with van der Waals surface area (Å²) in [6.45, 7) is 7.96. The molecule has 1 aliphatic heterocycles. The summed E-state index contributed by atoms with van der Waals surface area (Å²) in [5, 5.41) is 10.5. The highest BCUT2D eigenvalue weighted by Crippen LogP contribution is 2.56. The summed E-state index contributed by atoms with van der Waals surface area (Å²) in [5.74, 6) is -0.166. The Labute approximate surface area is 166 Å². The number of carbonyl (C=O) groups excluding carboxylic acids is 1. The van der Waals surface area contributed by atoms with Crippen molar-refractivity contribution in [2.75, 3.05) is 13.1 Å². The van der Waals surface area contributed by atoms with Gasteiger partial charge in [-0.2, -0.15) is 0 Å². The highest BCUT2D eigenvalue weighted by molar-refractivity contribution is 5.95. The first kappa shape index (κ1) is 19.2. The molecule has 0 radical (unpaired) electrons. The molecule has 1 aliphatic carbocycles. The van der Waals surface area contributed by atoms with Gasteiger partial charge in [-0.05, 0) is 70.2 Å². The van der Waals surface area contributed by atoms with Crippen LogP contribution in [0.4, 0.5) is 4.39 Å². The summed E-state index contributed by atoms with van der Waals surface area (Å²) >= 11 is 0. The Morgan fingerprint density at radius 1 is 1.11 bits per heavy atom. The Balaban J connectivity index is 1.49. The summed E-state index contributed by atoms with van der Waals surface area (Å²) in [5.41, 5.74) is 3.16. The first-order valence-corrected chi connectivity index (χ1v) is 10.2. The molecule has 1 saturated heterocycles. The van der Waals surface area contributed by atoms with Crippen molar-refractivity contribution < 1.29 is 14.3 Å². The lowest BCUT2D eigenvalue weighted by Crippen LogP contribution is -2.60. The quantitative estimate of drug-likeness (QED) is 0.867. The summed E-state index contributed by atoms with van der Waals surface area (Å²) in [6.07, 6.45) is 3.68. The molecule has 1 saturated carbocycles. The number of hydrogen-bond donors (Lipinski definition) is 1. The topological polar surface area (TPSA) is 45.5 Å². The van der Waals surface area contributed by atoms with Gasteiger partial charge in [-0.3, -0.25) is 4.79 Å². The molecule has 2 fully saturated rings. The van der Waals surface area contributed by atoms with E-state index in [2.05, 4.69) is 4.57 Å². The van der Waals surface area contributed by atoms with E-state index in [9.17, 15) is 14.3 Å². The van der Waals surface area contributed by atoms with Crippen LogP contribution in [0.3, 0.4) is 0 Å². The van der Waals surface area contributed by atoms with Gasteiger partial charge >= 0.3 is 0 Å². The molecule has 1 N–H and O–H groups in total. The number of halogens is 1. The molecule has 0 bridgehead atoms. The minimum absolute atomic E-state index is 0.00323. The van der Waals surface area contributed by atoms with Gasteiger partial charge in [-0.25, -0.2) is 4.39 Å². The summed E-state index contributed by atoms with van der Waals surface area (Å²) in [6, 6.07) is 8.46. The maximum Gasteiger partial charge on any atom is 0.255 e. The van der Waals surface area contributed by atoms with Gasteiger partial charge in [0.25, 0.3) is 5.91 Å². The zero-order valence-electron chi connectivity index (χ0n) is 17.0. The number of aryl methyl sites for hydroxylation is 1. The average Bonchev–Trinajstić information content (AvgIpc) is 2.96. The number of nitrogens with zero attached hydrogens (tertiary/aromatic N) is 2. The predicted molar refractivity (Wildman–Crippen MR) is 107 cm³/mol. The molecule has 1 unspecified atom stereocenters. The third kappa shape index (κ3) is 3.06. The van der Waals surface area contributed by atoms with Gasteiger partial charge in [0.2, 0.25) is 0 Å². The van der Waals surface area contributed by atoms with Crippen LogP contribution in [0.15, 0.2) is 30.3 Å². The van der Waals surface area contributed by atoms with E-state index < -0.39 is 5.60 Å². The van der Waals surface area contributed by atoms with Crippen LogP contribution in [-0.4, -0.2) is 39.2 Å². The Morgan fingerprint density at radius 2 is 1.75 bits per heavy atom. The predicted octanol–water partition coefficient (Wildman–Crippen LogP) is 4.06. The van der Waals surface area contributed by atoms with Crippen LogP contribution in [-0.2, 0) is 6.54 Å². The van der Waals surface area contributed by atoms with E-state index in [0.717, 1.165) is 48.2 Å². The Kier molecular flexibility index (Phi) is 4.61. The number of rotatable bonds is 3. The molecule has 4 nitrogen and oxygen atoms in total. The standard InChI is InChI=1S/C23H29FN2O2/c1-16-14-20(17(2)26(16)15-18-4-6-19(24)7-5-18)21(27)25-12-10-23(11-13-25)9-8-22(23,3)28/h4-7,14,28H,8-13,15H2,1-3H3. The van der Waals surface area contributed by atoms with Crippen LogP contribution in [0.1, 0.15) is 59.9 Å². The molecule has 1 aromatic carbocycles. The highest BCUT2D eigenvalue weighted by atomic mass is 19.1. The molecule has 1 aromatic heterocycles. The number of amides is 1. The monoisotopic (exact) mass is 384 g/mol. The second-order valence-electron chi connectivity index (χ2n) is 8.84. The number of aromatic nitrogens is 1. The van der Waals surface area contributed by atoms with Gasteiger partial charge in [-0.1, -0.05) is 12.1 Å². The fourth-order valence-electron chi connectivity index (χ4n) is 4.97. The second-order valence-corrected chi connectivity index (χ2v) is 8.84. The molecule has 1 amide bonds.